The van der Waals surface area contributed by atoms with Crippen LogP contribution in [0.1, 0.15) is 16.7 Å². The molecule has 0 aliphatic carbocycles. The highest BCUT2D eigenvalue weighted by Gasteiger charge is 2.43. The van der Waals surface area contributed by atoms with E-state index in [9.17, 15) is 9.59 Å². The first-order chi connectivity index (χ1) is 16.0. The van der Waals surface area contributed by atoms with Crippen molar-refractivity contribution in [3.05, 3.63) is 95.3 Å². The van der Waals surface area contributed by atoms with Gasteiger partial charge in [0.25, 0.3) is 11.8 Å². The van der Waals surface area contributed by atoms with Gasteiger partial charge in [0.05, 0.1) is 11.3 Å². The van der Waals surface area contributed by atoms with Gasteiger partial charge in [0.15, 0.2) is 0 Å². The number of imide groups is 1. The van der Waals surface area contributed by atoms with Gasteiger partial charge in [-0.05, 0) is 48.7 Å². The lowest BCUT2D eigenvalue weighted by molar-refractivity contribution is -0.120. The molecule has 0 N–H and O–H groups in total. The summed E-state index contributed by atoms with van der Waals surface area (Å²) in [7, 11) is 0. The largest absolute Gasteiger partial charge is 0.363 e. The smallest absolute Gasteiger partial charge is 0.282 e. The van der Waals surface area contributed by atoms with Gasteiger partial charge in [0, 0.05) is 32.4 Å². The average Bonchev–Trinajstić information content (AvgIpc) is 3.11. The Bertz CT molecular complexity index is 1230. The van der Waals surface area contributed by atoms with Gasteiger partial charge in [0.1, 0.15) is 11.5 Å². The monoisotopic (exact) mass is 438 g/mol. The number of carbonyl (C=O) groups is 2. The molecule has 6 heteroatoms. The van der Waals surface area contributed by atoms with Crippen LogP contribution >= 0.6 is 0 Å². The number of piperazine rings is 1. The Morgan fingerprint density at radius 2 is 1.45 bits per heavy atom. The molecule has 1 aromatic heterocycles. The second-order valence-corrected chi connectivity index (χ2v) is 8.49. The fraction of sp³-hybridized carbons (Fsp3) is 0.222. The van der Waals surface area contributed by atoms with Crippen LogP contribution < -0.4 is 9.80 Å². The van der Waals surface area contributed by atoms with Gasteiger partial charge < -0.3 is 9.80 Å². The lowest BCUT2D eigenvalue weighted by Gasteiger charge is -2.37. The minimum atomic E-state index is -0.262. The highest BCUT2D eigenvalue weighted by Crippen LogP contribution is 2.36. The Balaban J connectivity index is 1.51. The molecular weight excluding hydrogens is 412 g/mol. The molecule has 2 aliphatic rings. The number of hydrogen-bond donors (Lipinski definition) is 0. The van der Waals surface area contributed by atoms with E-state index in [1.54, 1.807) is 6.20 Å². The third kappa shape index (κ3) is 3.78. The van der Waals surface area contributed by atoms with Crippen molar-refractivity contribution in [1.82, 2.24) is 9.88 Å². The van der Waals surface area contributed by atoms with Crippen molar-refractivity contribution in [3.63, 3.8) is 0 Å². The predicted molar refractivity (Wildman–Crippen MR) is 130 cm³/mol. The molecule has 0 atom stereocenters. The number of benzene rings is 2. The van der Waals surface area contributed by atoms with E-state index in [-0.39, 0.29) is 11.8 Å². The van der Waals surface area contributed by atoms with Gasteiger partial charge in [-0.2, -0.15) is 0 Å². The fourth-order valence-corrected chi connectivity index (χ4v) is 4.56. The number of nitrogens with zero attached hydrogens (tertiary/aromatic N) is 4. The van der Waals surface area contributed by atoms with Gasteiger partial charge >= 0.3 is 0 Å². The normalized spacial score (nSPS) is 16.7. The first-order valence-corrected chi connectivity index (χ1v) is 11.2. The van der Waals surface area contributed by atoms with Crippen LogP contribution in [0.3, 0.4) is 0 Å². The van der Waals surface area contributed by atoms with E-state index in [2.05, 4.69) is 14.8 Å². The van der Waals surface area contributed by atoms with Crippen LogP contribution in [0.2, 0.25) is 0 Å². The molecule has 2 amide bonds. The lowest BCUT2D eigenvalue weighted by atomic mass is 10.0. The molecule has 166 valence electrons. The maximum absolute atomic E-state index is 13.8. The second-order valence-electron chi connectivity index (χ2n) is 8.49. The first kappa shape index (κ1) is 20.9. The number of carbonyl (C=O) groups excluding carboxylic acids is 2. The van der Waals surface area contributed by atoms with Crippen molar-refractivity contribution < 1.29 is 9.59 Å². The second kappa shape index (κ2) is 8.54. The molecule has 5 rings (SSSR count). The number of anilines is 2. The minimum Gasteiger partial charge on any atom is -0.363 e. The first-order valence-electron chi connectivity index (χ1n) is 11.2. The zero-order valence-corrected chi connectivity index (χ0v) is 18.9. The van der Waals surface area contributed by atoms with Gasteiger partial charge in [-0.3, -0.25) is 9.59 Å². The summed E-state index contributed by atoms with van der Waals surface area (Å²) in [5.74, 6) is 0.418. The molecule has 0 unspecified atom stereocenters. The number of amides is 2. The third-order valence-electron chi connectivity index (χ3n) is 6.30. The Hall–Kier alpha value is -3.93. The summed E-state index contributed by atoms with van der Waals surface area (Å²) >= 11 is 0. The number of aromatic nitrogens is 1. The zero-order chi connectivity index (χ0) is 22.9. The van der Waals surface area contributed by atoms with Crippen LogP contribution in [0.15, 0.2) is 78.6 Å². The molecule has 1 saturated heterocycles. The number of pyridine rings is 1. The molecule has 0 spiro atoms. The summed E-state index contributed by atoms with van der Waals surface area (Å²) in [6.45, 7) is 6.64. The number of rotatable bonds is 4. The van der Waals surface area contributed by atoms with Crippen molar-refractivity contribution in [2.24, 2.45) is 0 Å². The molecule has 2 aliphatic heterocycles. The molecule has 3 aromatic rings. The molecule has 0 bridgehead atoms. The summed E-state index contributed by atoms with van der Waals surface area (Å²) in [5, 5.41) is 0. The molecule has 0 radical (unpaired) electrons. The van der Waals surface area contributed by atoms with E-state index in [0.717, 1.165) is 35.6 Å². The van der Waals surface area contributed by atoms with E-state index in [1.807, 2.05) is 80.6 Å². The molecule has 6 nitrogen and oxygen atoms in total. The predicted octanol–water partition coefficient (Wildman–Crippen LogP) is 3.81. The summed E-state index contributed by atoms with van der Waals surface area (Å²) < 4.78 is 0. The molecule has 33 heavy (non-hydrogen) atoms. The van der Waals surface area contributed by atoms with Crippen molar-refractivity contribution in [2.45, 2.75) is 13.8 Å². The molecule has 2 aromatic carbocycles. The Morgan fingerprint density at radius 3 is 2.15 bits per heavy atom. The van der Waals surface area contributed by atoms with Crippen molar-refractivity contribution in [3.8, 4) is 0 Å². The number of aryl methyl sites for hydroxylation is 2. The standard InChI is InChI=1S/C27H26N4O2/c1-19-11-12-20(2)22(18-19)31-26(32)24(21-8-4-3-5-9-21)25(27(31)33)30-16-14-29(15-17-30)23-10-6-7-13-28-23/h3-13,18H,14-17H2,1-2H3. The van der Waals surface area contributed by atoms with Crippen LogP contribution in [0.4, 0.5) is 11.5 Å². The molecular formula is C27H26N4O2. The van der Waals surface area contributed by atoms with Gasteiger partial charge in [-0.15, -0.1) is 0 Å². The zero-order valence-electron chi connectivity index (χ0n) is 18.9. The topological polar surface area (TPSA) is 56.8 Å². The molecule has 1 fully saturated rings. The van der Waals surface area contributed by atoms with E-state index >= 15 is 0 Å². The maximum Gasteiger partial charge on any atom is 0.282 e. The van der Waals surface area contributed by atoms with Crippen LogP contribution in [0.25, 0.3) is 5.57 Å². The fourth-order valence-electron chi connectivity index (χ4n) is 4.56. The summed E-state index contributed by atoms with van der Waals surface area (Å²) in [5.41, 5.74) is 4.30. The van der Waals surface area contributed by atoms with Gasteiger partial charge in [-0.1, -0.05) is 48.5 Å². The van der Waals surface area contributed by atoms with E-state index in [1.165, 1.54) is 4.90 Å². The number of hydrogen-bond acceptors (Lipinski definition) is 5. The van der Waals surface area contributed by atoms with Crippen LogP contribution in [-0.4, -0.2) is 47.9 Å². The molecule has 3 heterocycles. The van der Waals surface area contributed by atoms with E-state index in [0.29, 0.717) is 30.0 Å². The average molecular weight is 439 g/mol. The van der Waals surface area contributed by atoms with E-state index in [4.69, 9.17) is 0 Å². The van der Waals surface area contributed by atoms with Crippen molar-refractivity contribution >= 4 is 28.9 Å². The Morgan fingerprint density at radius 1 is 0.758 bits per heavy atom. The summed E-state index contributed by atoms with van der Waals surface area (Å²) in [6.07, 6.45) is 1.79. The minimum absolute atomic E-state index is 0.251. The SMILES string of the molecule is Cc1ccc(C)c(N2C(=O)C(c3ccccc3)=C(N3CCN(c4ccccn4)CC3)C2=O)c1. The molecule has 0 saturated carbocycles. The summed E-state index contributed by atoms with van der Waals surface area (Å²) in [6, 6.07) is 21.3. The van der Waals surface area contributed by atoms with Crippen molar-refractivity contribution in [2.75, 3.05) is 36.0 Å². The van der Waals surface area contributed by atoms with Crippen LogP contribution in [-0.2, 0) is 9.59 Å². The van der Waals surface area contributed by atoms with Crippen LogP contribution in [0, 0.1) is 13.8 Å². The van der Waals surface area contributed by atoms with Crippen LogP contribution in [0.5, 0.6) is 0 Å². The third-order valence-corrected chi connectivity index (χ3v) is 6.30. The Kier molecular flexibility index (Phi) is 5.42. The quantitative estimate of drug-likeness (QED) is 0.580. The maximum atomic E-state index is 13.8. The highest BCUT2D eigenvalue weighted by molar-refractivity contribution is 6.45. The van der Waals surface area contributed by atoms with Gasteiger partial charge in [0.2, 0.25) is 0 Å². The Labute approximate surface area is 193 Å². The lowest BCUT2D eigenvalue weighted by Crippen LogP contribution is -2.48. The van der Waals surface area contributed by atoms with Gasteiger partial charge in [-0.25, -0.2) is 9.88 Å². The highest BCUT2D eigenvalue weighted by atomic mass is 16.2. The van der Waals surface area contributed by atoms with E-state index < -0.39 is 0 Å². The summed E-state index contributed by atoms with van der Waals surface area (Å²) in [4.78, 5) is 37.6. The van der Waals surface area contributed by atoms with Crippen molar-refractivity contribution in [1.29, 1.82) is 0 Å².